The number of piperazine rings is 1. The molecule has 0 bridgehead atoms. The van der Waals surface area contributed by atoms with E-state index in [0.29, 0.717) is 5.69 Å². The van der Waals surface area contributed by atoms with E-state index < -0.39 is 15.8 Å². The molecule has 34 heavy (non-hydrogen) atoms. The van der Waals surface area contributed by atoms with E-state index >= 15 is 0 Å². The van der Waals surface area contributed by atoms with Crippen molar-refractivity contribution in [3.05, 3.63) is 75.3 Å². The molecule has 1 aliphatic rings. The fourth-order valence-electron chi connectivity index (χ4n) is 4.58. The third-order valence-electron chi connectivity index (χ3n) is 6.17. The maximum atomic E-state index is 13.2. The molecular formula is C25H27Cl2N3O3S. The highest BCUT2D eigenvalue weighted by Crippen LogP contribution is 2.38. The third kappa shape index (κ3) is 4.78. The molecule has 9 heteroatoms. The monoisotopic (exact) mass is 519 g/mol. The molecule has 0 saturated carbocycles. The first-order chi connectivity index (χ1) is 16.1. The van der Waals surface area contributed by atoms with E-state index in [-0.39, 0.29) is 14.9 Å². The predicted octanol–water partition coefficient (Wildman–Crippen LogP) is 5.75. The number of hydrogen-bond donors (Lipinski definition) is 2. The Kier molecular flexibility index (Phi) is 6.90. The number of phenols is 1. The lowest BCUT2D eigenvalue weighted by atomic mass is 10.0. The molecule has 3 aromatic carbocycles. The van der Waals surface area contributed by atoms with Crippen LogP contribution in [0, 0.1) is 20.8 Å². The highest BCUT2D eigenvalue weighted by Gasteiger charge is 2.26. The number of aryl methyl sites for hydroxylation is 2. The molecule has 1 heterocycles. The average Bonchev–Trinajstić information content (AvgIpc) is 2.80. The number of rotatable bonds is 5. The summed E-state index contributed by atoms with van der Waals surface area (Å²) in [6, 6.07) is 14.8. The van der Waals surface area contributed by atoms with Gasteiger partial charge in [-0.1, -0.05) is 47.5 Å². The summed E-state index contributed by atoms with van der Waals surface area (Å²) in [5.74, 6) is -0.529. The largest absolute Gasteiger partial charge is 0.505 e. The Balaban J connectivity index is 1.64. The zero-order chi connectivity index (χ0) is 24.6. The third-order valence-corrected chi connectivity index (χ3v) is 8.04. The van der Waals surface area contributed by atoms with Gasteiger partial charge in [0.1, 0.15) is 4.90 Å². The van der Waals surface area contributed by atoms with E-state index in [1.165, 1.54) is 17.8 Å². The van der Waals surface area contributed by atoms with Crippen molar-refractivity contribution in [1.82, 2.24) is 0 Å². The zero-order valence-electron chi connectivity index (χ0n) is 19.3. The molecule has 6 nitrogen and oxygen atoms in total. The van der Waals surface area contributed by atoms with E-state index in [2.05, 4.69) is 26.7 Å². The van der Waals surface area contributed by atoms with Crippen LogP contribution in [0.2, 0.25) is 10.0 Å². The summed E-state index contributed by atoms with van der Waals surface area (Å²) in [5.41, 5.74) is 5.42. The Labute approximate surface area is 210 Å². The highest BCUT2D eigenvalue weighted by atomic mass is 35.5. The predicted molar refractivity (Wildman–Crippen MR) is 140 cm³/mol. The minimum absolute atomic E-state index is 0.123. The Bertz CT molecular complexity index is 1320. The van der Waals surface area contributed by atoms with Crippen LogP contribution in [0.3, 0.4) is 0 Å². The summed E-state index contributed by atoms with van der Waals surface area (Å²) in [5, 5.41) is 10.3. The van der Waals surface area contributed by atoms with Gasteiger partial charge in [-0.3, -0.25) is 4.72 Å². The van der Waals surface area contributed by atoms with Crippen LogP contribution in [0.5, 0.6) is 5.75 Å². The number of halogens is 2. The number of phenolic OH excluding ortho intramolecular Hbond substituents is 1. The second kappa shape index (κ2) is 9.56. The van der Waals surface area contributed by atoms with Gasteiger partial charge in [-0.2, -0.15) is 0 Å². The van der Waals surface area contributed by atoms with Gasteiger partial charge in [-0.25, -0.2) is 8.42 Å². The highest BCUT2D eigenvalue weighted by molar-refractivity contribution is 7.92. The first-order valence-electron chi connectivity index (χ1n) is 10.9. The van der Waals surface area contributed by atoms with Crippen molar-refractivity contribution < 1.29 is 13.5 Å². The molecular weight excluding hydrogens is 493 g/mol. The molecule has 0 radical (unpaired) electrons. The van der Waals surface area contributed by atoms with Gasteiger partial charge in [0, 0.05) is 42.6 Å². The molecule has 0 aromatic heterocycles. The molecule has 180 valence electrons. The summed E-state index contributed by atoms with van der Waals surface area (Å²) in [6.07, 6.45) is 0. The minimum atomic E-state index is -4.13. The Morgan fingerprint density at radius 3 is 2.15 bits per heavy atom. The van der Waals surface area contributed by atoms with Gasteiger partial charge in [-0.05, 0) is 61.7 Å². The Hall–Kier alpha value is -2.61. The number of aromatic hydroxyl groups is 1. The number of nitrogens with one attached hydrogen (secondary N) is 1. The second-order valence-corrected chi connectivity index (χ2v) is 11.0. The van der Waals surface area contributed by atoms with Crippen molar-refractivity contribution in [1.29, 1.82) is 0 Å². The van der Waals surface area contributed by atoms with Gasteiger partial charge in [0.25, 0.3) is 10.0 Å². The maximum absolute atomic E-state index is 13.2. The van der Waals surface area contributed by atoms with E-state index in [0.717, 1.165) is 48.6 Å². The van der Waals surface area contributed by atoms with Crippen LogP contribution in [-0.2, 0) is 10.0 Å². The number of nitrogens with zero attached hydrogens (tertiary/aromatic N) is 2. The van der Waals surface area contributed by atoms with Crippen LogP contribution in [0.25, 0.3) is 0 Å². The lowest BCUT2D eigenvalue weighted by Gasteiger charge is -2.39. The van der Waals surface area contributed by atoms with Crippen LogP contribution in [0.15, 0.2) is 53.4 Å². The van der Waals surface area contributed by atoms with E-state index in [4.69, 9.17) is 23.2 Å². The summed E-state index contributed by atoms with van der Waals surface area (Å²) in [6.45, 7) is 9.19. The number of sulfonamides is 1. The lowest BCUT2D eigenvalue weighted by molar-refractivity contribution is 0.459. The second-order valence-electron chi connectivity index (χ2n) is 8.51. The van der Waals surface area contributed by atoms with Crippen molar-refractivity contribution >= 4 is 50.3 Å². The van der Waals surface area contributed by atoms with Gasteiger partial charge < -0.3 is 14.9 Å². The van der Waals surface area contributed by atoms with Crippen molar-refractivity contribution in [3.63, 3.8) is 0 Å². The van der Waals surface area contributed by atoms with Crippen LogP contribution in [-0.4, -0.2) is 39.7 Å². The fraction of sp³-hybridized carbons (Fsp3) is 0.280. The SMILES string of the molecule is Cc1cc(C)c(N2CCN(c3ccccc3)CC2)c(C)c1NS(=O)(=O)c1cc(Cl)cc(Cl)c1O. The van der Waals surface area contributed by atoms with E-state index in [1.54, 1.807) is 0 Å². The molecule has 1 aliphatic heterocycles. The number of anilines is 3. The first-order valence-corrected chi connectivity index (χ1v) is 13.2. The van der Waals surface area contributed by atoms with Gasteiger partial charge in [0.15, 0.2) is 5.75 Å². The molecule has 0 amide bonds. The van der Waals surface area contributed by atoms with Gasteiger partial charge in [0.05, 0.1) is 10.7 Å². The molecule has 0 unspecified atom stereocenters. The number of hydrogen-bond acceptors (Lipinski definition) is 5. The quantitative estimate of drug-likeness (QED) is 0.448. The fourth-order valence-corrected chi connectivity index (χ4v) is 6.54. The Morgan fingerprint density at radius 2 is 1.50 bits per heavy atom. The molecule has 3 aromatic rings. The lowest BCUT2D eigenvalue weighted by Crippen LogP contribution is -2.47. The number of para-hydroxylation sites is 1. The zero-order valence-corrected chi connectivity index (χ0v) is 21.6. The minimum Gasteiger partial charge on any atom is -0.505 e. The topological polar surface area (TPSA) is 72.9 Å². The summed E-state index contributed by atoms with van der Waals surface area (Å²) in [4.78, 5) is 4.29. The van der Waals surface area contributed by atoms with E-state index in [1.807, 2.05) is 45.0 Å². The molecule has 2 N–H and O–H groups in total. The average molecular weight is 520 g/mol. The molecule has 0 spiro atoms. The molecule has 0 atom stereocenters. The summed E-state index contributed by atoms with van der Waals surface area (Å²) < 4.78 is 29.1. The van der Waals surface area contributed by atoms with Gasteiger partial charge in [0.2, 0.25) is 0 Å². The van der Waals surface area contributed by atoms with Crippen LogP contribution in [0.4, 0.5) is 17.1 Å². The smallest absolute Gasteiger partial charge is 0.265 e. The van der Waals surface area contributed by atoms with Crippen LogP contribution in [0.1, 0.15) is 16.7 Å². The summed E-state index contributed by atoms with van der Waals surface area (Å²) >= 11 is 12.0. The van der Waals surface area contributed by atoms with Crippen molar-refractivity contribution in [2.75, 3.05) is 40.7 Å². The number of benzene rings is 3. The maximum Gasteiger partial charge on any atom is 0.265 e. The summed E-state index contributed by atoms with van der Waals surface area (Å²) in [7, 11) is -4.13. The van der Waals surface area contributed by atoms with Crippen molar-refractivity contribution in [2.45, 2.75) is 25.7 Å². The van der Waals surface area contributed by atoms with E-state index in [9.17, 15) is 13.5 Å². The van der Waals surface area contributed by atoms with Crippen molar-refractivity contribution in [3.8, 4) is 5.75 Å². The molecule has 1 saturated heterocycles. The Morgan fingerprint density at radius 1 is 0.882 bits per heavy atom. The first kappa shape index (κ1) is 24.5. The van der Waals surface area contributed by atoms with Gasteiger partial charge >= 0.3 is 0 Å². The standard InChI is InChI=1S/C25H27Cl2N3O3S/c1-16-13-17(2)24(30-11-9-29(10-12-30)20-7-5-4-6-8-20)18(3)23(16)28-34(32,33)22-15-19(26)14-21(27)25(22)31/h4-8,13-15,28,31H,9-12H2,1-3H3. The van der Waals surface area contributed by atoms with Crippen LogP contribution >= 0.6 is 23.2 Å². The van der Waals surface area contributed by atoms with Crippen LogP contribution < -0.4 is 14.5 Å². The van der Waals surface area contributed by atoms with Gasteiger partial charge in [-0.15, -0.1) is 0 Å². The molecule has 4 rings (SSSR count). The van der Waals surface area contributed by atoms with Crippen molar-refractivity contribution in [2.24, 2.45) is 0 Å². The molecule has 1 fully saturated rings. The molecule has 0 aliphatic carbocycles. The normalized spacial score (nSPS) is 14.4.